The first-order valence-electron chi connectivity index (χ1n) is 6.95. The van der Waals surface area contributed by atoms with Gasteiger partial charge in [0.05, 0.1) is 13.1 Å². The second kappa shape index (κ2) is 9.09. The molecule has 1 aromatic carbocycles. The Labute approximate surface area is 120 Å². The molecule has 0 aromatic heterocycles. The van der Waals surface area contributed by atoms with Crippen LogP contribution in [-0.4, -0.2) is 32.0 Å². The van der Waals surface area contributed by atoms with E-state index < -0.39 is 0 Å². The molecule has 2 amide bonds. The highest BCUT2D eigenvalue weighted by Crippen LogP contribution is 2.11. The molecule has 0 atom stereocenters. The number of rotatable bonds is 8. The number of carbonyl (C=O) groups is 2. The summed E-state index contributed by atoms with van der Waals surface area (Å²) in [4.78, 5) is 22.6. The van der Waals surface area contributed by atoms with Gasteiger partial charge in [0.2, 0.25) is 11.8 Å². The molecule has 0 radical (unpaired) electrons. The zero-order valence-electron chi connectivity index (χ0n) is 12.2. The van der Waals surface area contributed by atoms with E-state index in [1.165, 1.54) is 18.4 Å². The van der Waals surface area contributed by atoms with Gasteiger partial charge in [-0.15, -0.1) is 0 Å². The Balaban J connectivity index is 2.32. The number of unbranched alkanes of at least 4 members (excludes halogenated alkanes) is 1. The number of anilines is 1. The molecule has 0 heterocycles. The maximum atomic E-state index is 11.6. The zero-order valence-corrected chi connectivity index (χ0v) is 12.2. The fourth-order valence-electron chi connectivity index (χ4n) is 1.72. The van der Waals surface area contributed by atoms with Crippen molar-refractivity contribution in [2.24, 2.45) is 0 Å². The van der Waals surface area contributed by atoms with Crippen LogP contribution in [0.5, 0.6) is 0 Å². The van der Waals surface area contributed by atoms with E-state index in [4.69, 9.17) is 0 Å². The maximum absolute atomic E-state index is 11.6. The molecule has 1 rings (SSSR count). The number of hydrogen-bond donors (Lipinski definition) is 3. The van der Waals surface area contributed by atoms with Crippen LogP contribution in [0.2, 0.25) is 0 Å². The Kier molecular flexibility index (Phi) is 7.35. The van der Waals surface area contributed by atoms with Crippen molar-refractivity contribution in [1.29, 1.82) is 0 Å². The average Bonchev–Trinajstić information content (AvgIpc) is 2.46. The van der Waals surface area contributed by atoms with Crippen LogP contribution in [0, 0.1) is 0 Å². The third kappa shape index (κ3) is 6.33. The van der Waals surface area contributed by atoms with Gasteiger partial charge in [-0.1, -0.05) is 25.5 Å². The van der Waals surface area contributed by atoms with Crippen LogP contribution in [0.3, 0.4) is 0 Å². The number of aryl methyl sites for hydroxylation is 1. The van der Waals surface area contributed by atoms with Gasteiger partial charge in [0.1, 0.15) is 0 Å². The van der Waals surface area contributed by atoms with E-state index in [0.29, 0.717) is 0 Å². The minimum atomic E-state index is -0.157. The van der Waals surface area contributed by atoms with Gasteiger partial charge in [0.15, 0.2) is 0 Å². The summed E-state index contributed by atoms with van der Waals surface area (Å²) in [5.74, 6) is -0.298. The predicted molar refractivity (Wildman–Crippen MR) is 80.6 cm³/mol. The molecular weight excluding hydrogens is 254 g/mol. The highest BCUT2D eigenvalue weighted by Gasteiger charge is 2.03. The Bertz CT molecular complexity index is 429. The molecule has 0 saturated carbocycles. The third-order valence-electron chi connectivity index (χ3n) is 2.91. The summed E-state index contributed by atoms with van der Waals surface area (Å²) >= 11 is 0. The SMILES string of the molecule is CCCCc1ccc(NC(=O)CNCC(=O)NC)cc1. The van der Waals surface area contributed by atoms with Crippen LogP contribution < -0.4 is 16.0 Å². The summed E-state index contributed by atoms with van der Waals surface area (Å²) in [6.07, 6.45) is 3.42. The number of amides is 2. The van der Waals surface area contributed by atoms with Crippen LogP contribution in [0.25, 0.3) is 0 Å². The lowest BCUT2D eigenvalue weighted by Crippen LogP contribution is -2.36. The van der Waals surface area contributed by atoms with Gasteiger partial charge >= 0.3 is 0 Å². The third-order valence-corrected chi connectivity index (χ3v) is 2.91. The Morgan fingerprint density at radius 1 is 1.05 bits per heavy atom. The molecule has 0 aliphatic heterocycles. The Morgan fingerprint density at radius 2 is 1.70 bits per heavy atom. The molecule has 0 aliphatic carbocycles. The number of benzene rings is 1. The molecule has 0 unspecified atom stereocenters. The van der Waals surface area contributed by atoms with E-state index >= 15 is 0 Å². The van der Waals surface area contributed by atoms with Crippen LogP contribution in [0.1, 0.15) is 25.3 Å². The topological polar surface area (TPSA) is 70.2 Å². The Hall–Kier alpha value is -1.88. The largest absolute Gasteiger partial charge is 0.358 e. The van der Waals surface area contributed by atoms with Gasteiger partial charge in [-0.3, -0.25) is 14.9 Å². The van der Waals surface area contributed by atoms with Crippen molar-refractivity contribution in [3.05, 3.63) is 29.8 Å². The standard InChI is InChI=1S/C15H23N3O2/c1-3-4-5-12-6-8-13(9-7-12)18-15(20)11-17-10-14(19)16-2/h6-9,17H,3-5,10-11H2,1-2H3,(H,16,19)(H,18,20). The van der Waals surface area contributed by atoms with E-state index in [1.54, 1.807) is 7.05 Å². The lowest BCUT2D eigenvalue weighted by molar-refractivity contribution is -0.119. The minimum absolute atomic E-state index is 0.116. The van der Waals surface area contributed by atoms with Gasteiger partial charge in [0.25, 0.3) is 0 Å². The van der Waals surface area contributed by atoms with Crippen molar-refractivity contribution in [3.63, 3.8) is 0 Å². The predicted octanol–water partition coefficient (Wildman–Crippen LogP) is 1.30. The van der Waals surface area contributed by atoms with Gasteiger partial charge in [-0.05, 0) is 30.5 Å². The summed E-state index contributed by atoms with van der Waals surface area (Å²) in [6, 6.07) is 7.87. The first kappa shape index (κ1) is 16.2. The quantitative estimate of drug-likeness (QED) is 0.671. The molecule has 110 valence electrons. The number of nitrogens with one attached hydrogen (secondary N) is 3. The highest BCUT2D eigenvalue weighted by molar-refractivity contribution is 5.92. The van der Waals surface area contributed by atoms with Crippen molar-refractivity contribution >= 4 is 17.5 Å². The van der Waals surface area contributed by atoms with E-state index in [2.05, 4.69) is 22.9 Å². The van der Waals surface area contributed by atoms with Crippen molar-refractivity contribution in [1.82, 2.24) is 10.6 Å². The molecule has 0 bridgehead atoms. The number of hydrogen-bond acceptors (Lipinski definition) is 3. The Morgan fingerprint density at radius 3 is 2.30 bits per heavy atom. The first-order valence-corrected chi connectivity index (χ1v) is 6.95. The number of carbonyl (C=O) groups excluding carboxylic acids is 2. The van der Waals surface area contributed by atoms with E-state index in [0.717, 1.165) is 12.1 Å². The molecule has 5 nitrogen and oxygen atoms in total. The minimum Gasteiger partial charge on any atom is -0.358 e. The average molecular weight is 277 g/mol. The summed E-state index contributed by atoms with van der Waals surface area (Å²) in [5.41, 5.74) is 2.06. The first-order chi connectivity index (χ1) is 9.65. The van der Waals surface area contributed by atoms with Crippen molar-refractivity contribution < 1.29 is 9.59 Å². The molecule has 5 heteroatoms. The van der Waals surface area contributed by atoms with E-state index in [1.807, 2.05) is 24.3 Å². The summed E-state index contributed by atoms with van der Waals surface area (Å²) in [5, 5.41) is 8.03. The molecule has 0 aliphatic rings. The summed E-state index contributed by atoms with van der Waals surface area (Å²) in [7, 11) is 1.56. The van der Waals surface area contributed by atoms with Crippen molar-refractivity contribution in [2.45, 2.75) is 26.2 Å². The maximum Gasteiger partial charge on any atom is 0.238 e. The molecule has 0 spiro atoms. The summed E-state index contributed by atoms with van der Waals surface area (Å²) in [6.45, 7) is 2.42. The number of likely N-dealkylation sites (N-methyl/N-ethyl adjacent to an activating group) is 1. The molecule has 1 aromatic rings. The lowest BCUT2D eigenvalue weighted by Gasteiger charge is -2.07. The van der Waals surface area contributed by atoms with Gasteiger partial charge < -0.3 is 10.6 Å². The van der Waals surface area contributed by atoms with Gasteiger partial charge in [-0.25, -0.2) is 0 Å². The molecule has 0 saturated heterocycles. The second-order valence-electron chi connectivity index (χ2n) is 4.63. The summed E-state index contributed by atoms with van der Waals surface area (Å²) < 4.78 is 0. The van der Waals surface area contributed by atoms with Crippen molar-refractivity contribution in [2.75, 3.05) is 25.5 Å². The molecule has 3 N–H and O–H groups in total. The lowest BCUT2D eigenvalue weighted by atomic mass is 10.1. The smallest absolute Gasteiger partial charge is 0.238 e. The van der Waals surface area contributed by atoms with Gasteiger partial charge in [0, 0.05) is 12.7 Å². The highest BCUT2D eigenvalue weighted by atomic mass is 16.2. The fraction of sp³-hybridized carbons (Fsp3) is 0.467. The van der Waals surface area contributed by atoms with E-state index in [9.17, 15) is 9.59 Å². The normalized spacial score (nSPS) is 10.1. The van der Waals surface area contributed by atoms with E-state index in [-0.39, 0.29) is 24.9 Å². The fourth-order valence-corrected chi connectivity index (χ4v) is 1.72. The zero-order chi connectivity index (χ0) is 14.8. The van der Waals surface area contributed by atoms with Crippen LogP contribution in [0.15, 0.2) is 24.3 Å². The van der Waals surface area contributed by atoms with Crippen LogP contribution >= 0.6 is 0 Å². The van der Waals surface area contributed by atoms with Gasteiger partial charge in [-0.2, -0.15) is 0 Å². The van der Waals surface area contributed by atoms with Crippen LogP contribution in [-0.2, 0) is 16.0 Å². The van der Waals surface area contributed by atoms with Crippen LogP contribution in [0.4, 0.5) is 5.69 Å². The van der Waals surface area contributed by atoms with Crippen molar-refractivity contribution in [3.8, 4) is 0 Å². The monoisotopic (exact) mass is 277 g/mol. The molecule has 0 fully saturated rings. The molecule has 20 heavy (non-hydrogen) atoms. The molecular formula is C15H23N3O2. The second-order valence-corrected chi connectivity index (χ2v) is 4.63.